The van der Waals surface area contributed by atoms with E-state index in [0.29, 0.717) is 13.2 Å². The summed E-state index contributed by atoms with van der Waals surface area (Å²) in [5.74, 6) is 0.870. The molecule has 2 rings (SSSR count). The predicted molar refractivity (Wildman–Crippen MR) is 115 cm³/mol. The van der Waals surface area contributed by atoms with Gasteiger partial charge in [0.15, 0.2) is 0 Å². The van der Waals surface area contributed by atoms with Crippen molar-refractivity contribution in [3.8, 4) is 5.75 Å². The molecule has 0 saturated heterocycles. The lowest BCUT2D eigenvalue weighted by atomic mass is 10.1. The number of rotatable bonds is 8. The van der Waals surface area contributed by atoms with E-state index in [4.69, 9.17) is 9.47 Å². The normalized spacial score (nSPS) is 11.0. The standard InChI is InChI=1S/C19H23INO2P/c1-3-22-12-13-23-17-9-6-15(7-10-17)4-5-16-8-11-19(21(2)24)18(20)14-16/h4-11,14H,3,12-13,24H2,1-2H3/b5-4+. The first-order valence-corrected chi connectivity index (χ1v) is 9.46. The molecule has 0 aliphatic rings. The quantitative estimate of drug-likeness (QED) is 0.239. The van der Waals surface area contributed by atoms with Crippen LogP contribution in [0.2, 0.25) is 0 Å². The third-order valence-corrected chi connectivity index (χ3v) is 4.54. The Labute approximate surface area is 160 Å². The average Bonchev–Trinajstić information content (AvgIpc) is 2.57. The summed E-state index contributed by atoms with van der Waals surface area (Å²) in [4.78, 5) is 0. The van der Waals surface area contributed by atoms with E-state index in [-0.39, 0.29) is 0 Å². The molecule has 1 unspecified atom stereocenters. The number of anilines is 1. The molecule has 0 spiro atoms. The molecule has 24 heavy (non-hydrogen) atoms. The highest BCUT2D eigenvalue weighted by atomic mass is 127. The molecule has 1 atom stereocenters. The first-order valence-electron chi connectivity index (χ1n) is 7.87. The van der Waals surface area contributed by atoms with Crippen LogP contribution in [0.15, 0.2) is 42.5 Å². The van der Waals surface area contributed by atoms with Gasteiger partial charge in [0, 0.05) is 17.2 Å². The van der Waals surface area contributed by atoms with Crippen molar-refractivity contribution in [1.29, 1.82) is 0 Å². The van der Waals surface area contributed by atoms with Crippen LogP contribution < -0.4 is 9.41 Å². The number of nitrogens with zero attached hydrogens (tertiary/aromatic N) is 1. The van der Waals surface area contributed by atoms with Gasteiger partial charge in [0.2, 0.25) is 0 Å². The van der Waals surface area contributed by atoms with Gasteiger partial charge in [-0.25, -0.2) is 0 Å². The second-order valence-corrected chi connectivity index (χ2v) is 7.21. The van der Waals surface area contributed by atoms with Crippen molar-refractivity contribution in [2.45, 2.75) is 6.92 Å². The molecule has 0 aromatic heterocycles. The fraction of sp³-hybridized carbons (Fsp3) is 0.263. The van der Waals surface area contributed by atoms with E-state index in [2.05, 4.69) is 74.5 Å². The van der Waals surface area contributed by atoms with Crippen LogP contribution in [0.4, 0.5) is 5.69 Å². The Morgan fingerprint density at radius 1 is 1.04 bits per heavy atom. The van der Waals surface area contributed by atoms with Crippen molar-refractivity contribution in [1.82, 2.24) is 0 Å². The van der Waals surface area contributed by atoms with Crippen LogP contribution in [0.25, 0.3) is 12.2 Å². The van der Waals surface area contributed by atoms with Crippen molar-refractivity contribution >= 4 is 49.8 Å². The molecule has 0 heterocycles. The molecule has 5 heteroatoms. The van der Waals surface area contributed by atoms with E-state index in [1.54, 1.807) is 0 Å². The molecule has 0 radical (unpaired) electrons. The van der Waals surface area contributed by atoms with Crippen molar-refractivity contribution in [3.63, 3.8) is 0 Å². The molecular weight excluding hydrogens is 432 g/mol. The molecule has 2 aromatic carbocycles. The van der Waals surface area contributed by atoms with Crippen LogP contribution in [0.3, 0.4) is 0 Å². The molecule has 0 aliphatic heterocycles. The maximum Gasteiger partial charge on any atom is 0.119 e. The highest BCUT2D eigenvalue weighted by molar-refractivity contribution is 14.1. The lowest BCUT2D eigenvalue weighted by Gasteiger charge is -2.14. The zero-order valence-corrected chi connectivity index (χ0v) is 17.3. The summed E-state index contributed by atoms with van der Waals surface area (Å²) < 4.78 is 14.1. The van der Waals surface area contributed by atoms with Gasteiger partial charge >= 0.3 is 0 Å². The van der Waals surface area contributed by atoms with Crippen LogP contribution in [-0.2, 0) is 4.74 Å². The van der Waals surface area contributed by atoms with Crippen molar-refractivity contribution in [2.75, 3.05) is 31.5 Å². The highest BCUT2D eigenvalue weighted by Crippen LogP contribution is 2.25. The fourth-order valence-electron chi connectivity index (χ4n) is 2.14. The minimum Gasteiger partial charge on any atom is -0.491 e. The zero-order chi connectivity index (χ0) is 17.4. The van der Waals surface area contributed by atoms with Crippen LogP contribution in [0.5, 0.6) is 5.75 Å². The fourth-order valence-corrected chi connectivity index (χ4v) is 3.55. The van der Waals surface area contributed by atoms with Crippen molar-refractivity contribution < 1.29 is 9.47 Å². The summed E-state index contributed by atoms with van der Waals surface area (Å²) in [7, 11) is 4.70. The van der Waals surface area contributed by atoms with E-state index < -0.39 is 0 Å². The number of halogens is 1. The summed E-state index contributed by atoms with van der Waals surface area (Å²) in [6, 6.07) is 14.5. The molecule has 0 amide bonds. The van der Waals surface area contributed by atoms with E-state index in [9.17, 15) is 0 Å². The summed E-state index contributed by atoms with van der Waals surface area (Å²) >= 11 is 2.36. The number of hydrogen-bond donors (Lipinski definition) is 0. The maximum atomic E-state index is 5.62. The summed E-state index contributed by atoms with van der Waals surface area (Å²) in [6.07, 6.45) is 4.24. The third kappa shape index (κ3) is 6.08. The molecule has 0 aliphatic carbocycles. The van der Waals surface area contributed by atoms with E-state index in [1.807, 2.05) is 30.8 Å². The minimum absolute atomic E-state index is 0.581. The molecule has 0 N–H and O–H groups in total. The monoisotopic (exact) mass is 455 g/mol. The van der Waals surface area contributed by atoms with Gasteiger partial charge in [-0.2, -0.15) is 0 Å². The Morgan fingerprint density at radius 2 is 1.71 bits per heavy atom. The second kappa shape index (κ2) is 10.0. The highest BCUT2D eigenvalue weighted by Gasteiger charge is 2.01. The van der Waals surface area contributed by atoms with Gasteiger partial charge in [-0.1, -0.05) is 30.4 Å². The Morgan fingerprint density at radius 3 is 2.33 bits per heavy atom. The first-order chi connectivity index (χ1) is 11.6. The topological polar surface area (TPSA) is 21.7 Å². The van der Waals surface area contributed by atoms with E-state index in [1.165, 1.54) is 14.8 Å². The van der Waals surface area contributed by atoms with Crippen LogP contribution in [0, 0.1) is 3.57 Å². The van der Waals surface area contributed by atoms with Gasteiger partial charge in [-0.15, -0.1) is 0 Å². The summed E-state index contributed by atoms with van der Waals surface area (Å²) in [6.45, 7) is 3.91. The number of ether oxygens (including phenoxy) is 2. The Bertz CT molecular complexity index is 672. The minimum atomic E-state index is 0.581. The Kier molecular flexibility index (Phi) is 8.03. The zero-order valence-electron chi connectivity index (χ0n) is 14.0. The third-order valence-electron chi connectivity index (χ3n) is 3.40. The van der Waals surface area contributed by atoms with Crippen LogP contribution >= 0.6 is 32.0 Å². The lowest BCUT2D eigenvalue weighted by Crippen LogP contribution is -2.06. The summed E-state index contributed by atoms with van der Waals surface area (Å²) in [5.41, 5.74) is 3.53. The average molecular weight is 455 g/mol. The lowest BCUT2D eigenvalue weighted by molar-refractivity contribution is 0.110. The molecule has 2 aromatic rings. The number of hydrogen-bond acceptors (Lipinski definition) is 3. The van der Waals surface area contributed by atoms with E-state index in [0.717, 1.165) is 17.9 Å². The predicted octanol–water partition coefficient (Wildman–Crippen LogP) is 5.10. The van der Waals surface area contributed by atoms with Gasteiger partial charge in [0.1, 0.15) is 12.4 Å². The molecule has 128 valence electrons. The summed E-state index contributed by atoms with van der Waals surface area (Å²) in [5, 5.41) is 0. The molecule has 0 saturated carbocycles. The van der Waals surface area contributed by atoms with Gasteiger partial charge in [0.25, 0.3) is 0 Å². The van der Waals surface area contributed by atoms with Crippen molar-refractivity contribution in [2.24, 2.45) is 0 Å². The van der Waals surface area contributed by atoms with Gasteiger partial charge < -0.3 is 14.1 Å². The molecule has 0 bridgehead atoms. The molecule has 3 nitrogen and oxygen atoms in total. The Hall–Kier alpha value is -1.10. The largest absolute Gasteiger partial charge is 0.491 e. The Balaban J connectivity index is 1.95. The molecule has 0 fully saturated rings. The second-order valence-electron chi connectivity index (χ2n) is 5.27. The maximum absolute atomic E-state index is 5.62. The smallest absolute Gasteiger partial charge is 0.119 e. The first kappa shape index (κ1) is 19.2. The van der Waals surface area contributed by atoms with Crippen molar-refractivity contribution in [3.05, 3.63) is 57.2 Å². The van der Waals surface area contributed by atoms with Gasteiger partial charge in [-0.3, -0.25) is 0 Å². The van der Waals surface area contributed by atoms with Gasteiger partial charge in [-0.05, 0) is 74.3 Å². The molecular formula is C19H23INO2P. The van der Waals surface area contributed by atoms with Crippen LogP contribution in [0.1, 0.15) is 18.1 Å². The van der Waals surface area contributed by atoms with E-state index >= 15 is 0 Å². The van der Waals surface area contributed by atoms with Crippen LogP contribution in [-0.4, -0.2) is 26.9 Å². The number of benzene rings is 2. The SMILES string of the molecule is CCOCCOc1ccc(/C=C/c2ccc(N(C)P)c(I)c2)cc1. The van der Waals surface area contributed by atoms with Gasteiger partial charge in [0.05, 0.1) is 12.3 Å².